The number of para-hydroxylation sites is 1. The molecule has 1 N–H and O–H groups in total. The quantitative estimate of drug-likeness (QED) is 0.182. The lowest BCUT2D eigenvalue weighted by Gasteiger charge is -2.21. The van der Waals surface area contributed by atoms with E-state index >= 15 is 0 Å². The SMILES string of the molecule is O[P+](c1ccc2ncccc2c1)(c1ccc2cccnc2c1)c1ccc2nc3c4ccccc4c4ccccc4n3c2c1. The van der Waals surface area contributed by atoms with E-state index in [9.17, 15) is 4.89 Å². The van der Waals surface area contributed by atoms with Crippen LogP contribution in [0.4, 0.5) is 0 Å². The van der Waals surface area contributed by atoms with Gasteiger partial charge in [-0.2, -0.15) is 0 Å². The van der Waals surface area contributed by atoms with Gasteiger partial charge in [0.2, 0.25) is 7.49 Å². The van der Waals surface area contributed by atoms with E-state index in [2.05, 4.69) is 81.1 Å². The number of nitrogens with zero attached hydrogens (tertiary/aromatic N) is 4. The van der Waals surface area contributed by atoms with Gasteiger partial charge in [0.15, 0.2) is 0 Å². The first-order chi connectivity index (χ1) is 21.2. The highest BCUT2D eigenvalue weighted by Crippen LogP contribution is 2.52. The summed E-state index contributed by atoms with van der Waals surface area (Å²) in [5.41, 5.74) is 5.61. The van der Waals surface area contributed by atoms with Crippen LogP contribution in [0.1, 0.15) is 0 Å². The Balaban J connectivity index is 1.38. The van der Waals surface area contributed by atoms with Crippen molar-refractivity contribution < 1.29 is 4.89 Å². The molecule has 0 aliphatic rings. The van der Waals surface area contributed by atoms with Crippen molar-refractivity contribution >= 4 is 83.6 Å². The Kier molecular flexibility index (Phi) is 5.18. The second-order valence-corrected chi connectivity index (χ2v) is 13.7. The molecule has 1 atom stereocenters. The van der Waals surface area contributed by atoms with Gasteiger partial charge < -0.3 is 0 Å². The van der Waals surface area contributed by atoms with E-state index in [1.54, 1.807) is 12.4 Å². The molecule has 0 radical (unpaired) electrons. The molecule has 0 bridgehead atoms. The largest absolute Gasteiger partial charge is 0.292 e. The summed E-state index contributed by atoms with van der Waals surface area (Å²) >= 11 is 0. The second kappa shape index (κ2) is 9.14. The van der Waals surface area contributed by atoms with Crippen molar-refractivity contribution in [3.05, 3.63) is 140 Å². The first-order valence-electron chi connectivity index (χ1n) is 14.2. The van der Waals surface area contributed by atoms with E-state index in [-0.39, 0.29) is 0 Å². The normalized spacial score (nSPS) is 13.4. The average Bonchev–Trinajstić information content (AvgIpc) is 3.47. The predicted molar refractivity (Wildman–Crippen MR) is 179 cm³/mol. The highest BCUT2D eigenvalue weighted by Gasteiger charge is 2.45. The molecule has 4 aromatic heterocycles. The maximum Gasteiger partial charge on any atom is 0.238 e. The molecule has 9 rings (SSSR count). The molecule has 43 heavy (non-hydrogen) atoms. The molecular formula is C37H24N4OP+. The Morgan fingerprint density at radius 1 is 0.488 bits per heavy atom. The summed E-state index contributed by atoms with van der Waals surface area (Å²) in [7, 11) is -3.11. The Hall–Kier alpha value is -5.22. The van der Waals surface area contributed by atoms with E-state index in [1.807, 2.05) is 60.7 Å². The molecule has 6 heteroatoms. The second-order valence-electron chi connectivity index (χ2n) is 10.9. The molecule has 0 amide bonds. The maximum absolute atomic E-state index is 13.1. The summed E-state index contributed by atoms with van der Waals surface area (Å²) in [5, 5.41) is 8.06. The van der Waals surface area contributed by atoms with Crippen molar-refractivity contribution in [3.8, 4) is 0 Å². The fourth-order valence-electron chi connectivity index (χ4n) is 6.47. The highest BCUT2D eigenvalue weighted by atomic mass is 31.2. The van der Waals surface area contributed by atoms with Crippen molar-refractivity contribution in [2.24, 2.45) is 0 Å². The molecule has 0 aliphatic carbocycles. The van der Waals surface area contributed by atoms with Gasteiger partial charge in [0, 0.05) is 46.1 Å². The van der Waals surface area contributed by atoms with Crippen molar-refractivity contribution in [1.82, 2.24) is 19.4 Å². The van der Waals surface area contributed by atoms with Crippen LogP contribution in [0.3, 0.4) is 0 Å². The number of hydrogen-bond acceptors (Lipinski definition) is 4. The molecule has 9 aromatic rings. The number of fused-ring (bicyclic) bond motifs is 10. The van der Waals surface area contributed by atoms with Crippen LogP contribution in [0.25, 0.3) is 60.2 Å². The first kappa shape index (κ1) is 24.4. The number of pyridine rings is 3. The number of rotatable bonds is 3. The van der Waals surface area contributed by atoms with Gasteiger partial charge in [-0.15, -0.1) is 0 Å². The zero-order chi connectivity index (χ0) is 28.5. The highest BCUT2D eigenvalue weighted by molar-refractivity contribution is 7.91. The van der Waals surface area contributed by atoms with E-state index in [0.717, 1.165) is 65.3 Å². The van der Waals surface area contributed by atoms with Gasteiger partial charge in [-0.3, -0.25) is 14.4 Å². The number of imidazole rings is 1. The minimum Gasteiger partial charge on any atom is -0.292 e. The van der Waals surface area contributed by atoms with E-state index in [1.165, 1.54) is 10.8 Å². The van der Waals surface area contributed by atoms with Crippen LogP contribution in [0.2, 0.25) is 0 Å². The zero-order valence-electron chi connectivity index (χ0n) is 23.0. The van der Waals surface area contributed by atoms with Crippen LogP contribution in [0.15, 0.2) is 140 Å². The van der Waals surface area contributed by atoms with Crippen LogP contribution in [-0.2, 0) is 0 Å². The first-order valence-corrected chi connectivity index (χ1v) is 16.0. The molecule has 0 fully saturated rings. The molecule has 4 heterocycles. The third-order valence-electron chi connectivity index (χ3n) is 8.54. The minimum absolute atomic E-state index is 0.852. The van der Waals surface area contributed by atoms with E-state index in [0.29, 0.717) is 0 Å². The van der Waals surface area contributed by atoms with Crippen molar-refractivity contribution in [2.45, 2.75) is 0 Å². The Morgan fingerprint density at radius 2 is 1.14 bits per heavy atom. The van der Waals surface area contributed by atoms with Gasteiger partial charge in [-0.1, -0.05) is 54.6 Å². The average molecular weight is 572 g/mol. The van der Waals surface area contributed by atoms with Gasteiger partial charge in [-0.05, 0) is 66.0 Å². The van der Waals surface area contributed by atoms with Gasteiger partial charge in [-0.25, -0.2) is 9.88 Å². The van der Waals surface area contributed by atoms with Gasteiger partial charge >= 0.3 is 0 Å². The summed E-state index contributed by atoms with van der Waals surface area (Å²) in [6, 6.07) is 43.4. The molecule has 0 spiro atoms. The van der Waals surface area contributed by atoms with Crippen LogP contribution in [-0.4, -0.2) is 24.2 Å². The lowest BCUT2D eigenvalue weighted by Crippen LogP contribution is -2.31. The molecule has 1 unspecified atom stereocenters. The summed E-state index contributed by atoms with van der Waals surface area (Å²) < 4.78 is 2.24. The Labute approximate surface area is 247 Å². The zero-order valence-corrected chi connectivity index (χ0v) is 23.9. The smallest absolute Gasteiger partial charge is 0.238 e. The lowest BCUT2D eigenvalue weighted by atomic mass is 10.1. The predicted octanol–water partition coefficient (Wildman–Crippen LogP) is 7.09. The summed E-state index contributed by atoms with van der Waals surface area (Å²) in [6.45, 7) is 0. The molecule has 0 saturated heterocycles. The third kappa shape index (κ3) is 3.56. The molecule has 0 saturated carbocycles. The molecule has 0 aliphatic heterocycles. The molecular weight excluding hydrogens is 547 g/mol. The van der Waals surface area contributed by atoms with Crippen LogP contribution in [0.5, 0.6) is 0 Å². The van der Waals surface area contributed by atoms with Crippen molar-refractivity contribution in [1.29, 1.82) is 0 Å². The Bertz CT molecular complexity index is 2480. The standard InChI is InChI=1S/C37H24N4OP/c42-43(26-15-17-32-25(21-26)8-6-19-38-32,27-14-13-24-7-5-20-39-34(24)22-27)28-16-18-33-36(23-28)41-35-12-4-3-10-30(35)29-9-1-2-11-31(29)37(41)40-33/h1-23,42H/q+1. The van der Waals surface area contributed by atoms with Crippen LogP contribution >= 0.6 is 7.49 Å². The Morgan fingerprint density at radius 3 is 2.00 bits per heavy atom. The number of aromatic nitrogens is 4. The van der Waals surface area contributed by atoms with Crippen molar-refractivity contribution in [2.75, 3.05) is 0 Å². The van der Waals surface area contributed by atoms with Gasteiger partial charge in [0.05, 0.1) is 27.6 Å². The third-order valence-corrected chi connectivity index (χ3v) is 11.6. The van der Waals surface area contributed by atoms with Gasteiger partial charge in [0.25, 0.3) is 0 Å². The van der Waals surface area contributed by atoms with Crippen LogP contribution in [0, 0.1) is 0 Å². The maximum atomic E-state index is 13.1. The van der Waals surface area contributed by atoms with Crippen LogP contribution < -0.4 is 15.9 Å². The molecule has 202 valence electrons. The van der Waals surface area contributed by atoms with E-state index in [4.69, 9.17) is 4.98 Å². The summed E-state index contributed by atoms with van der Waals surface area (Å²) in [5.74, 6) is 0. The topological polar surface area (TPSA) is 63.3 Å². The van der Waals surface area contributed by atoms with Gasteiger partial charge in [0.1, 0.15) is 21.6 Å². The fourth-order valence-corrected chi connectivity index (χ4v) is 9.18. The fraction of sp³-hybridized carbons (Fsp3) is 0. The number of benzene rings is 5. The monoisotopic (exact) mass is 571 g/mol. The summed E-state index contributed by atoms with van der Waals surface area (Å²) in [4.78, 5) is 27.4. The minimum atomic E-state index is -3.11. The summed E-state index contributed by atoms with van der Waals surface area (Å²) in [6.07, 6.45) is 3.59. The lowest BCUT2D eigenvalue weighted by molar-refractivity contribution is 0.633. The molecule has 5 aromatic carbocycles. The number of hydrogen-bond donors (Lipinski definition) is 1. The van der Waals surface area contributed by atoms with E-state index < -0.39 is 7.49 Å². The van der Waals surface area contributed by atoms with Crippen molar-refractivity contribution in [3.63, 3.8) is 0 Å². The molecule has 5 nitrogen and oxygen atoms in total.